The summed E-state index contributed by atoms with van der Waals surface area (Å²) in [5.74, 6) is 0. The minimum Gasteiger partial charge on any atom is -0.161 e. The van der Waals surface area contributed by atoms with Gasteiger partial charge in [-0.25, -0.2) is 0 Å². The molecule has 1 unspecified atom stereocenters. The van der Waals surface area contributed by atoms with Crippen molar-refractivity contribution in [2.45, 2.75) is 12.6 Å². The summed E-state index contributed by atoms with van der Waals surface area (Å²) in [6.45, 7) is 6.89. The fourth-order valence-corrected chi connectivity index (χ4v) is 7.15. The first-order valence-electron chi connectivity index (χ1n) is 4.91. The SMILES string of the molecule is CP(C)CC[Si](C)(Cl)c1ccccc1. The van der Waals surface area contributed by atoms with Crippen LogP contribution in [0.1, 0.15) is 0 Å². The second-order valence-corrected chi connectivity index (χ2v) is 12.7. The maximum Gasteiger partial charge on any atom is 0.184 e. The molecule has 0 fully saturated rings. The van der Waals surface area contributed by atoms with Crippen molar-refractivity contribution < 1.29 is 0 Å². The van der Waals surface area contributed by atoms with E-state index in [0.717, 1.165) is 0 Å². The standard InChI is InChI=1S/C11H18ClPSi/c1-13(2)9-10-14(3,12)11-7-5-4-6-8-11/h4-8H,9-10H2,1-3H3. The topological polar surface area (TPSA) is 0 Å². The van der Waals surface area contributed by atoms with E-state index in [0.29, 0.717) is 0 Å². The van der Waals surface area contributed by atoms with Gasteiger partial charge in [0.25, 0.3) is 0 Å². The molecule has 0 amide bonds. The zero-order valence-electron chi connectivity index (χ0n) is 9.13. The quantitative estimate of drug-likeness (QED) is 0.432. The van der Waals surface area contributed by atoms with Crippen LogP contribution in [0.3, 0.4) is 0 Å². The fourth-order valence-electron chi connectivity index (χ4n) is 1.36. The number of halogens is 1. The van der Waals surface area contributed by atoms with Crippen molar-refractivity contribution in [1.29, 1.82) is 0 Å². The van der Waals surface area contributed by atoms with Crippen LogP contribution in [0.5, 0.6) is 0 Å². The maximum absolute atomic E-state index is 6.65. The molecule has 78 valence electrons. The van der Waals surface area contributed by atoms with Crippen molar-refractivity contribution in [1.82, 2.24) is 0 Å². The first kappa shape index (κ1) is 12.2. The average molecular weight is 245 g/mol. The molecule has 1 aromatic carbocycles. The predicted octanol–water partition coefficient (Wildman–Crippen LogP) is 3.45. The molecule has 0 saturated heterocycles. The van der Waals surface area contributed by atoms with Gasteiger partial charge in [-0.15, -0.1) is 7.92 Å². The largest absolute Gasteiger partial charge is 0.184 e. The second kappa shape index (κ2) is 5.30. The summed E-state index contributed by atoms with van der Waals surface area (Å²) in [6.07, 6.45) is 1.30. The van der Waals surface area contributed by atoms with Crippen molar-refractivity contribution in [3.63, 3.8) is 0 Å². The van der Waals surface area contributed by atoms with Crippen LogP contribution in [0.2, 0.25) is 12.6 Å². The highest BCUT2D eigenvalue weighted by atomic mass is 35.6. The summed E-state index contributed by atoms with van der Waals surface area (Å²) in [4.78, 5) is 0. The van der Waals surface area contributed by atoms with E-state index in [-0.39, 0.29) is 7.92 Å². The molecule has 0 spiro atoms. The van der Waals surface area contributed by atoms with Gasteiger partial charge in [0.1, 0.15) is 0 Å². The lowest BCUT2D eigenvalue weighted by Gasteiger charge is -2.20. The molecule has 0 aliphatic heterocycles. The molecular formula is C11H18ClPSi. The Labute approximate surface area is 94.1 Å². The van der Waals surface area contributed by atoms with E-state index in [1.165, 1.54) is 17.4 Å². The van der Waals surface area contributed by atoms with Crippen LogP contribution >= 0.6 is 19.0 Å². The fraction of sp³-hybridized carbons (Fsp3) is 0.455. The van der Waals surface area contributed by atoms with E-state index in [2.05, 4.69) is 50.2 Å². The van der Waals surface area contributed by atoms with Crippen LogP contribution in [0, 0.1) is 0 Å². The molecule has 14 heavy (non-hydrogen) atoms. The van der Waals surface area contributed by atoms with E-state index in [1.54, 1.807) is 0 Å². The normalized spacial score (nSPS) is 15.5. The zero-order valence-corrected chi connectivity index (χ0v) is 11.8. The molecule has 0 aromatic heterocycles. The molecular weight excluding hydrogens is 227 g/mol. The Morgan fingerprint density at radius 2 is 1.79 bits per heavy atom. The van der Waals surface area contributed by atoms with Crippen LogP contribution in [-0.4, -0.2) is 26.9 Å². The number of rotatable bonds is 4. The highest BCUT2D eigenvalue weighted by Gasteiger charge is 2.26. The Hall–Kier alpha value is 0.157. The van der Waals surface area contributed by atoms with Gasteiger partial charge in [0.05, 0.1) is 0 Å². The molecule has 0 heterocycles. The van der Waals surface area contributed by atoms with E-state index in [4.69, 9.17) is 11.1 Å². The van der Waals surface area contributed by atoms with Gasteiger partial charge in [-0.05, 0) is 30.7 Å². The first-order chi connectivity index (χ1) is 6.52. The predicted molar refractivity (Wildman–Crippen MR) is 72.0 cm³/mol. The molecule has 0 bridgehead atoms. The lowest BCUT2D eigenvalue weighted by molar-refractivity contribution is 1.41. The zero-order chi connectivity index (χ0) is 10.6. The summed E-state index contributed by atoms with van der Waals surface area (Å²) >= 11 is 6.65. The first-order valence-corrected chi connectivity index (χ1v) is 11.1. The minimum atomic E-state index is -1.65. The molecule has 0 radical (unpaired) electrons. The molecule has 0 saturated carbocycles. The van der Waals surface area contributed by atoms with Crippen molar-refractivity contribution in [3.05, 3.63) is 30.3 Å². The van der Waals surface area contributed by atoms with Crippen molar-refractivity contribution in [2.24, 2.45) is 0 Å². The van der Waals surface area contributed by atoms with E-state index in [9.17, 15) is 0 Å². The van der Waals surface area contributed by atoms with Crippen molar-refractivity contribution >= 4 is 31.6 Å². The van der Waals surface area contributed by atoms with Crippen LogP contribution in [0.25, 0.3) is 0 Å². The maximum atomic E-state index is 6.65. The van der Waals surface area contributed by atoms with E-state index >= 15 is 0 Å². The summed E-state index contributed by atoms with van der Waals surface area (Å²) in [5, 5.41) is 1.37. The molecule has 0 aliphatic rings. The lowest BCUT2D eigenvalue weighted by atomic mass is 10.4. The third kappa shape index (κ3) is 3.72. The molecule has 0 N–H and O–H groups in total. The minimum absolute atomic E-state index is 0.195. The lowest BCUT2D eigenvalue weighted by Crippen LogP contribution is -2.39. The monoisotopic (exact) mass is 244 g/mol. The Morgan fingerprint density at radius 1 is 1.21 bits per heavy atom. The van der Waals surface area contributed by atoms with Gasteiger partial charge in [-0.2, -0.15) is 11.1 Å². The molecule has 1 rings (SSSR count). The smallest absolute Gasteiger partial charge is 0.161 e. The summed E-state index contributed by atoms with van der Waals surface area (Å²) < 4.78 is 0. The summed E-state index contributed by atoms with van der Waals surface area (Å²) in [7, 11) is -1.46. The van der Waals surface area contributed by atoms with Crippen LogP contribution in [0.15, 0.2) is 30.3 Å². The van der Waals surface area contributed by atoms with Gasteiger partial charge in [0.2, 0.25) is 0 Å². The van der Waals surface area contributed by atoms with Crippen molar-refractivity contribution in [3.8, 4) is 0 Å². The van der Waals surface area contributed by atoms with Gasteiger partial charge in [-0.3, -0.25) is 0 Å². The van der Waals surface area contributed by atoms with Gasteiger partial charge in [0, 0.05) is 0 Å². The second-order valence-electron chi connectivity index (χ2n) is 4.12. The Balaban J connectivity index is 2.66. The van der Waals surface area contributed by atoms with Gasteiger partial charge in [-0.1, -0.05) is 36.9 Å². The Bertz CT molecular complexity index is 272. The number of benzene rings is 1. The Morgan fingerprint density at radius 3 is 2.29 bits per heavy atom. The Kier molecular flexibility index (Phi) is 4.63. The van der Waals surface area contributed by atoms with Gasteiger partial charge >= 0.3 is 0 Å². The van der Waals surface area contributed by atoms with Crippen molar-refractivity contribution in [2.75, 3.05) is 19.5 Å². The highest BCUT2D eigenvalue weighted by molar-refractivity contribution is 7.56. The molecule has 0 aliphatic carbocycles. The molecule has 1 atom stereocenters. The van der Waals surface area contributed by atoms with E-state index in [1.807, 2.05) is 0 Å². The third-order valence-corrected chi connectivity index (χ3v) is 7.89. The molecule has 1 aromatic rings. The summed E-state index contributed by atoms with van der Waals surface area (Å²) in [5.41, 5.74) is 0. The van der Waals surface area contributed by atoms with Crippen LogP contribution < -0.4 is 5.19 Å². The summed E-state index contributed by atoms with van der Waals surface area (Å²) in [6, 6.07) is 11.8. The molecule has 0 nitrogen and oxygen atoms in total. The number of hydrogen-bond acceptors (Lipinski definition) is 0. The third-order valence-electron chi connectivity index (χ3n) is 2.40. The molecule has 3 heteroatoms. The average Bonchev–Trinajstić information content (AvgIpc) is 2.16. The number of hydrogen-bond donors (Lipinski definition) is 0. The van der Waals surface area contributed by atoms with Crippen LogP contribution in [0.4, 0.5) is 0 Å². The van der Waals surface area contributed by atoms with Gasteiger partial charge in [0.15, 0.2) is 7.38 Å². The van der Waals surface area contributed by atoms with E-state index < -0.39 is 7.38 Å². The van der Waals surface area contributed by atoms with Crippen LogP contribution in [-0.2, 0) is 0 Å². The highest BCUT2D eigenvalue weighted by Crippen LogP contribution is 2.29. The van der Waals surface area contributed by atoms with Gasteiger partial charge < -0.3 is 0 Å².